The Hall–Kier alpha value is -2.04. The Labute approximate surface area is 123 Å². The highest BCUT2D eigenvalue weighted by Crippen LogP contribution is 2.52. The lowest BCUT2D eigenvalue weighted by molar-refractivity contribution is -0.145. The van der Waals surface area contributed by atoms with Crippen LogP contribution in [0.25, 0.3) is 0 Å². The van der Waals surface area contributed by atoms with Crippen LogP contribution in [0.3, 0.4) is 0 Å². The zero-order valence-electron chi connectivity index (χ0n) is 12.0. The third kappa shape index (κ3) is 2.86. The van der Waals surface area contributed by atoms with Crippen molar-refractivity contribution in [2.45, 2.75) is 13.5 Å². The third-order valence-corrected chi connectivity index (χ3v) is 4.22. The molecule has 5 nitrogen and oxygen atoms in total. The predicted molar refractivity (Wildman–Crippen MR) is 75.3 cm³/mol. The molecule has 0 unspecified atom stereocenters. The third-order valence-electron chi connectivity index (χ3n) is 4.22. The summed E-state index contributed by atoms with van der Waals surface area (Å²) in [7, 11) is 0. The summed E-state index contributed by atoms with van der Waals surface area (Å²) < 4.78 is 10.3. The number of carbonyl (C=O) groups is 2. The Morgan fingerprint density at radius 1 is 1.14 bits per heavy atom. The maximum atomic E-state index is 12.0. The van der Waals surface area contributed by atoms with E-state index in [9.17, 15) is 9.59 Å². The van der Waals surface area contributed by atoms with Crippen LogP contribution in [-0.4, -0.2) is 36.7 Å². The van der Waals surface area contributed by atoms with Gasteiger partial charge in [0, 0.05) is 13.1 Å². The van der Waals surface area contributed by atoms with Gasteiger partial charge < -0.3 is 14.4 Å². The number of nitrogens with zero attached hydrogens (tertiary/aromatic N) is 1. The van der Waals surface area contributed by atoms with E-state index in [4.69, 9.17) is 9.47 Å². The van der Waals surface area contributed by atoms with E-state index in [2.05, 4.69) is 0 Å². The number of rotatable bonds is 4. The van der Waals surface area contributed by atoms with Gasteiger partial charge in [0.05, 0.1) is 12.5 Å². The molecule has 1 saturated carbocycles. The fourth-order valence-electron chi connectivity index (χ4n) is 3.07. The molecule has 2 aliphatic rings. The molecule has 3 rings (SSSR count). The van der Waals surface area contributed by atoms with Crippen molar-refractivity contribution in [2.75, 3.05) is 19.7 Å². The maximum Gasteiger partial charge on any atom is 0.410 e. The number of hydrogen-bond donors (Lipinski definition) is 0. The number of likely N-dealkylation sites (tertiary alicyclic amines) is 1. The van der Waals surface area contributed by atoms with Crippen LogP contribution in [0.1, 0.15) is 12.5 Å². The van der Waals surface area contributed by atoms with Gasteiger partial charge in [-0.1, -0.05) is 30.3 Å². The van der Waals surface area contributed by atoms with Gasteiger partial charge in [-0.3, -0.25) is 4.79 Å². The highest BCUT2D eigenvalue weighted by molar-refractivity contribution is 5.78. The molecule has 1 aliphatic carbocycles. The average molecular weight is 289 g/mol. The number of benzene rings is 1. The van der Waals surface area contributed by atoms with Gasteiger partial charge in [-0.25, -0.2) is 4.79 Å². The Morgan fingerprint density at radius 3 is 2.43 bits per heavy atom. The van der Waals surface area contributed by atoms with Crippen molar-refractivity contribution in [3.8, 4) is 0 Å². The van der Waals surface area contributed by atoms with Crippen molar-refractivity contribution in [2.24, 2.45) is 17.8 Å². The molecule has 0 radical (unpaired) electrons. The van der Waals surface area contributed by atoms with Crippen molar-refractivity contribution in [1.29, 1.82) is 0 Å². The summed E-state index contributed by atoms with van der Waals surface area (Å²) in [5.41, 5.74) is 0.972. The van der Waals surface area contributed by atoms with E-state index in [-0.39, 0.29) is 36.4 Å². The number of ether oxygens (including phenoxy) is 2. The molecule has 0 aromatic heterocycles. The summed E-state index contributed by atoms with van der Waals surface area (Å²) in [6.07, 6.45) is -0.298. The lowest BCUT2D eigenvalue weighted by atomic mass is 10.2. The Balaban J connectivity index is 1.44. The standard InChI is InChI=1S/C16H19NO4/c1-2-20-15(18)14-12-8-17(9-13(12)14)16(19)21-10-11-6-4-3-5-7-11/h3-7,12-14H,2,8-10H2,1H3/t12-,13+,14-. The topological polar surface area (TPSA) is 55.8 Å². The summed E-state index contributed by atoms with van der Waals surface area (Å²) in [4.78, 5) is 25.3. The lowest BCUT2D eigenvalue weighted by Gasteiger charge is -2.19. The van der Waals surface area contributed by atoms with Crippen molar-refractivity contribution < 1.29 is 19.1 Å². The number of esters is 1. The highest BCUT2D eigenvalue weighted by Gasteiger charge is 2.61. The zero-order chi connectivity index (χ0) is 14.8. The second-order valence-corrected chi connectivity index (χ2v) is 5.55. The summed E-state index contributed by atoms with van der Waals surface area (Å²) in [5.74, 6) is 0.384. The molecule has 1 heterocycles. The van der Waals surface area contributed by atoms with Crippen LogP contribution in [0.4, 0.5) is 4.79 Å². The quantitative estimate of drug-likeness (QED) is 0.796. The first kappa shape index (κ1) is 13.9. The van der Waals surface area contributed by atoms with Gasteiger partial charge >= 0.3 is 12.1 Å². The summed E-state index contributed by atoms with van der Waals surface area (Å²) in [6, 6.07) is 9.60. The van der Waals surface area contributed by atoms with E-state index in [1.54, 1.807) is 4.90 Å². The van der Waals surface area contributed by atoms with Gasteiger partial charge in [0.2, 0.25) is 0 Å². The van der Waals surface area contributed by atoms with E-state index in [0.29, 0.717) is 19.7 Å². The second kappa shape index (κ2) is 5.76. The molecule has 5 heteroatoms. The molecule has 0 bridgehead atoms. The monoisotopic (exact) mass is 289 g/mol. The van der Waals surface area contributed by atoms with E-state index in [1.807, 2.05) is 37.3 Å². The van der Waals surface area contributed by atoms with Gasteiger partial charge in [-0.2, -0.15) is 0 Å². The molecule has 1 aliphatic heterocycles. The summed E-state index contributed by atoms with van der Waals surface area (Å²) >= 11 is 0. The van der Waals surface area contributed by atoms with Gasteiger partial charge in [0.15, 0.2) is 0 Å². The molecule has 21 heavy (non-hydrogen) atoms. The second-order valence-electron chi connectivity index (χ2n) is 5.55. The molecule has 2 fully saturated rings. The van der Waals surface area contributed by atoms with Gasteiger partial charge in [-0.05, 0) is 24.3 Å². The molecule has 112 valence electrons. The van der Waals surface area contributed by atoms with Crippen LogP contribution in [-0.2, 0) is 20.9 Å². The van der Waals surface area contributed by atoms with Crippen LogP contribution >= 0.6 is 0 Å². The number of piperidine rings is 1. The maximum absolute atomic E-state index is 12.0. The predicted octanol–water partition coefficient (Wildman–Crippen LogP) is 2.06. The number of fused-ring (bicyclic) bond motifs is 1. The number of hydrogen-bond acceptors (Lipinski definition) is 4. The van der Waals surface area contributed by atoms with Crippen LogP contribution in [0.5, 0.6) is 0 Å². The van der Waals surface area contributed by atoms with E-state index < -0.39 is 0 Å². The van der Waals surface area contributed by atoms with E-state index in [0.717, 1.165) is 5.56 Å². The Kier molecular flexibility index (Phi) is 3.82. The molecule has 1 aromatic carbocycles. The van der Waals surface area contributed by atoms with Gasteiger partial charge in [0.1, 0.15) is 6.61 Å². The molecular weight excluding hydrogens is 270 g/mol. The van der Waals surface area contributed by atoms with Crippen molar-refractivity contribution in [3.63, 3.8) is 0 Å². The first-order valence-electron chi connectivity index (χ1n) is 7.33. The van der Waals surface area contributed by atoms with Crippen LogP contribution in [0, 0.1) is 17.8 Å². The fourth-order valence-corrected chi connectivity index (χ4v) is 3.07. The van der Waals surface area contributed by atoms with Gasteiger partial charge in [0.25, 0.3) is 0 Å². The van der Waals surface area contributed by atoms with Crippen molar-refractivity contribution in [1.82, 2.24) is 4.90 Å². The molecule has 1 aromatic rings. The molecule has 3 atom stereocenters. The molecule has 0 N–H and O–H groups in total. The minimum absolute atomic E-state index is 0.0110. The SMILES string of the molecule is CCOC(=O)[C@@H]1[C@@H]2CN(C(=O)OCc3ccccc3)C[C@@H]21. The number of carbonyl (C=O) groups excluding carboxylic acids is 2. The molecule has 1 saturated heterocycles. The van der Waals surface area contributed by atoms with Crippen LogP contribution in [0.15, 0.2) is 30.3 Å². The van der Waals surface area contributed by atoms with Gasteiger partial charge in [-0.15, -0.1) is 0 Å². The molecular formula is C16H19NO4. The zero-order valence-corrected chi connectivity index (χ0v) is 12.0. The molecule has 1 amide bonds. The molecule has 0 spiro atoms. The normalized spacial score (nSPS) is 26.1. The van der Waals surface area contributed by atoms with Crippen LogP contribution < -0.4 is 0 Å². The highest BCUT2D eigenvalue weighted by atomic mass is 16.6. The van der Waals surface area contributed by atoms with E-state index >= 15 is 0 Å². The van der Waals surface area contributed by atoms with Crippen molar-refractivity contribution >= 4 is 12.1 Å². The summed E-state index contributed by atoms with van der Waals surface area (Å²) in [6.45, 7) is 3.71. The van der Waals surface area contributed by atoms with Crippen LogP contribution in [0.2, 0.25) is 0 Å². The lowest BCUT2D eigenvalue weighted by Crippen LogP contribution is -2.33. The van der Waals surface area contributed by atoms with Crippen molar-refractivity contribution in [3.05, 3.63) is 35.9 Å². The first-order chi connectivity index (χ1) is 10.2. The van der Waals surface area contributed by atoms with E-state index in [1.165, 1.54) is 0 Å². The average Bonchev–Trinajstić information content (AvgIpc) is 3.01. The largest absolute Gasteiger partial charge is 0.466 e. The smallest absolute Gasteiger partial charge is 0.410 e. The fraction of sp³-hybridized carbons (Fsp3) is 0.500. The minimum atomic E-state index is -0.298. The Bertz CT molecular complexity index is 518. The summed E-state index contributed by atoms with van der Waals surface area (Å²) in [5, 5.41) is 0. The Morgan fingerprint density at radius 2 is 1.81 bits per heavy atom. The first-order valence-corrected chi connectivity index (χ1v) is 7.33. The number of amides is 1. The minimum Gasteiger partial charge on any atom is -0.466 e.